The first kappa shape index (κ1) is 8.96. The van der Waals surface area contributed by atoms with Gasteiger partial charge in [0.05, 0.1) is 5.57 Å². The van der Waals surface area contributed by atoms with Crippen molar-refractivity contribution in [1.29, 1.82) is 0 Å². The molecule has 16 heavy (non-hydrogen) atoms. The van der Waals surface area contributed by atoms with Gasteiger partial charge in [0.25, 0.3) is 0 Å². The number of nitrogens with zero attached hydrogens (tertiary/aromatic N) is 3. The molecule has 5 heteroatoms. The summed E-state index contributed by atoms with van der Waals surface area (Å²) in [6.45, 7) is 0. The summed E-state index contributed by atoms with van der Waals surface area (Å²) in [4.78, 5) is 11.1. The highest BCUT2D eigenvalue weighted by molar-refractivity contribution is 6.18. The lowest BCUT2D eigenvalue weighted by molar-refractivity contribution is -0.132. The zero-order chi connectivity index (χ0) is 11.1. The second-order valence-electron chi connectivity index (χ2n) is 3.60. The van der Waals surface area contributed by atoms with E-state index in [9.17, 15) is 4.79 Å². The Labute approximate surface area is 90.8 Å². The molecule has 1 aliphatic carbocycles. The van der Waals surface area contributed by atoms with Crippen LogP contribution in [0.5, 0.6) is 0 Å². The topological polar surface area (TPSA) is 74.4 Å². The monoisotopic (exact) mass is 213 g/mol. The number of hydrogen-bond acceptors (Lipinski definition) is 4. The fraction of sp³-hybridized carbons (Fsp3) is 0.0909. The average molecular weight is 213 g/mol. The SMILES string of the molecule is O=C(O)C1=C2N=NN=C2c2ccccc2C1. The molecule has 1 aromatic rings. The van der Waals surface area contributed by atoms with Crippen molar-refractivity contribution in [3.63, 3.8) is 0 Å². The maximum absolute atomic E-state index is 11.1. The van der Waals surface area contributed by atoms with Crippen LogP contribution in [0.3, 0.4) is 0 Å². The van der Waals surface area contributed by atoms with Crippen molar-refractivity contribution < 1.29 is 9.90 Å². The fourth-order valence-corrected chi connectivity index (χ4v) is 1.95. The van der Waals surface area contributed by atoms with Crippen molar-refractivity contribution >= 4 is 11.7 Å². The molecule has 3 rings (SSSR count). The molecule has 0 atom stereocenters. The molecule has 0 fully saturated rings. The van der Waals surface area contributed by atoms with E-state index in [1.807, 2.05) is 24.3 Å². The predicted molar refractivity (Wildman–Crippen MR) is 56.2 cm³/mol. The van der Waals surface area contributed by atoms with E-state index in [0.717, 1.165) is 11.1 Å². The number of benzene rings is 1. The quantitative estimate of drug-likeness (QED) is 0.771. The Kier molecular flexibility index (Phi) is 1.73. The van der Waals surface area contributed by atoms with Crippen LogP contribution in [-0.2, 0) is 11.2 Å². The highest BCUT2D eigenvalue weighted by atomic mass is 16.4. The van der Waals surface area contributed by atoms with Crippen LogP contribution in [0.4, 0.5) is 0 Å². The number of allylic oxidation sites excluding steroid dienone is 1. The van der Waals surface area contributed by atoms with Crippen molar-refractivity contribution in [3.8, 4) is 0 Å². The number of aliphatic carboxylic acids is 1. The summed E-state index contributed by atoms with van der Waals surface area (Å²) in [6.07, 6.45) is 0.374. The van der Waals surface area contributed by atoms with Crippen LogP contribution in [0.15, 0.2) is 51.0 Å². The Morgan fingerprint density at radius 2 is 2.12 bits per heavy atom. The van der Waals surface area contributed by atoms with E-state index in [0.29, 0.717) is 17.8 Å². The molecule has 0 unspecified atom stereocenters. The van der Waals surface area contributed by atoms with Crippen LogP contribution in [0.1, 0.15) is 11.1 Å². The van der Waals surface area contributed by atoms with Crippen molar-refractivity contribution in [1.82, 2.24) is 0 Å². The Morgan fingerprint density at radius 1 is 1.31 bits per heavy atom. The summed E-state index contributed by atoms with van der Waals surface area (Å²) in [6, 6.07) is 7.58. The van der Waals surface area contributed by atoms with E-state index >= 15 is 0 Å². The van der Waals surface area contributed by atoms with Crippen LogP contribution in [0.25, 0.3) is 0 Å². The average Bonchev–Trinajstić information content (AvgIpc) is 2.76. The first-order chi connectivity index (χ1) is 7.77. The Morgan fingerprint density at radius 3 is 2.94 bits per heavy atom. The minimum Gasteiger partial charge on any atom is -0.478 e. The van der Waals surface area contributed by atoms with Gasteiger partial charge in [-0.15, -0.1) is 10.2 Å². The van der Waals surface area contributed by atoms with Gasteiger partial charge in [-0.05, 0) is 10.8 Å². The second kappa shape index (κ2) is 3.10. The predicted octanol–water partition coefficient (Wildman–Crippen LogP) is 1.75. The van der Waals surface area contributed by atoms with Crippen molar-refractivity contribution in [3.05, 3.63) is 46.7 Å². The van der Waals surface area contributed by atoms with Gasteiger partial charge in [0, 0.05) is 12.0 Å². The fourth-order valence-electron chi connectivity index (χ4n) is 1.95. The third kappa shape index (κ3) is 1.11. The van der Waals surface area contributed by atoms with Crippen molar-refractivity contribution in [2.24, 2.45) is 15.4 Å². The van der Waals surface area contributed by atoms with E-state index in [4.69, 9.17) is 5.11 Å². The van der Waals surface area contributed by atoms with Gasteiger partial charge in [-0.2, -0.15) is 0 Å². The molecule has 0 spiro atoms. The number of carboxylic acids is 1. The molecular weight excluding hydrogens is 206 g/mol. The summed E-state index contributed by atoms with van der Waals surface area (Å²) in [5, 5.41) is 20.3. The molecule has 1 aliphatic heterocycles. The summed E-state index contributed by atoms with van der Waals surface area (Å²) < 4.78 is 0. The molecule has 2 aliphatic rings. The van der Waals surface area contributed by atoms with Crippen molar-refractivity contribution in [2.45, 2.75) is 6.42 Å². The molecular formula is C11H7N3O2. The molecule has 1 heterocycles. The van der Waals surface area contributed by atoms with Gasteiger partial charge in [0.2, 0.25) is 0 Å². The number of rotatable bonds is 1. The third-order valence-electron chi connectivity index (χ3n) is 2.70. The van der Waals surface area contributed by atoms with Crippen LogP contribution in [0, 0.1) is 0 Å². The Bertz CT molecular complexity index is 585. The minimum atomic E-state index is -0.960. The highest BCUT2D eigenvalue weighted by Crippen LogP contribution is 2.30. The number of carbonyl (C=O) groups is 1. The molecule has 0 saturated carbocycles. The summed E-state index contributed by atoms with van der Waals surface area (Å²) >= 11 is 0. The van der Waals surface area contributed by atoms with Crippen LogP contribution < -0.4 is 0 Å². The van der Waals surface area contributed by atoms with Gasteiger partial charge in [0.15, 0.2) is 0 Å². The first-order valence-electron chi connectivity index (χ1n) is 4.81. The molecule has 1 aromatic carbocycles. The van der Waals surface area contributed by atoms with Gasteiger partial charge < -0.3 is 5.11 Å². The molecule has 78 valence electrons. The number of fused-ring (bicyclic) bond motifs is 3. The second-order valence-corrected chi connectivity index (χ2v) is 3.60. The zero-order valence-corrected chi connectivity index (χ0v) is 8.21. The molecule has 5 nitrogen and oxygen atoms in total. The van der Waals surface area contributed by atoms with E-state index < -0.39 is 5.97 Å². The molecule has 1 N–H and O–H groups in total. The van der Waals surface area contributed by atoms with Crippen LogP contribution >= 0.6 is 0 Å². The first-order valence-corrected chi connectivity index (χ1v) is 4.81. The molecule has 0 radical (unpaired) electrons. The zero-order valence-electron chi connectivity index (χ0n) is 8.21. The van der Waals surface area contributed by atoms with E-state index in [-0.39, 0.29) is 5.57 Å². The molecule has 0 bridgehead atoms. The van der Waals surface area contributed by atoms with Crippen molar-refractivity contribution in [2.75, 3.05) is 0 Å². The Balaban J connectivity index is 2.24. The van der Waals surface area contributed by atoms with Gasteiger partial charge >= 0.3 is 5.97 Å². The maximum Gasteiger partial charge on any atom is 0.334 e. The summed E-state index contributed by atoms with van der Waals surface area (Å²) in [7, 11) is 0. The molecule has 0 aromatic heterocycles. The summed E-state index contributed by atoms with van der Waals surface area (Å²) in [5.41, 5.74) is 3.10. The van der Waals surface area contributed by atoms with Gasteiger partial charge in [0.1, 0.15) is 11.4 Å². The van der Waals surface area contributed by atoms with Gasteiger partial charge in [-0.25, -0.2) is 4.79 Å². The smallest absolute Gasteiger partial charge is 0.334 e. The maximum atomic E-state index is 11.1. The number of hydrogen-bond donors (Lipinski definition) is 1. The minimum absolute atomic E-state index is 0.263. The normalized spacial score (nSPS) is 16.9. The highest BCUT2D eigenvalue weighted by Gasteiger charge is 2.30. The molecule has 0 amide bonds. The molecule has 0 saturated heterocycles. The van der Waals surface area contributed by atoms with E-state index in [2.05, 4.69) is 15.4 Å². The van der Waals surface area contributed by atoms with E-state index in [1.54, 1.807) is 0 Å². The third-order valence-corrected chi connectivity index (χ3v) is 2.70. The Hall–Kier alpha value is -2.30. The van der Waals surface area contributed by atoms with Crippen LogP contribution in [-0.4, -0.2) is 16.8 Å². The summed E-state index contributed by atoms with van der Waals surface area (Å²) in [5.74, 6) is -0.960. The van der Waals surface area contributed by atoms with Gasteiger partial charge in [-0.1, -0.05) is 24.3 Å². The largest absolute Gasteiger partial charge is 0.478 e. The number of carboxylic acid groups (broad SMARTS) is 1. The lowest BCUT2D eigenvalue weighted by Gasteiger charge is -2.16. The van der Waals surface area contributed by atoms with Crippen LogP contribution in [0.2, 0.25) is 0 Å². The van der Waals surface area contributed by atoms with Gasteiger partial charge in [-0.3, -0.25) is 0 Å². The lowest BCUT2D eigenvalue weighted by atomic mass is 9.88. The lowest BCUT2D eigenvalue weighted by Crippen LogP contribution is -2.19. The standard InChI is InChI=1S/C11H7N3O2/c15-11(16)8-5-6-3-1-2-4-7(6)9-10(8)13-14-12-9/h1-4H,5H2,(H,15,16). The van der Waals surface area contributed by atoms with E-state index in [1.165, 1.54) is 0 Å².